The summed E-state index contributed by atoms with van der Waals surface area (Å²) < 4.78 is 0. The highest BCUT2D eigenvalue weighted by molar-refractivity contribution is 7.99. The summed E-state index contributed by atoms with van der Waals surface area (Å²) in [6.07, 6.45) is 2.34. The van der Waals surface area contributed by atoms with Gasteiger partial charge >= 0.3 is 0 Å². The van der Waals surface area contributed by atoms with Crippen LogP contribution < -0.4 is 5.32 Å². The second kappa shape index (κ2) is 5.36. The lowest BCUT2D eigenvalue weighted by Gasteiger charge is -2.27. The summed E-state index contributed by atoms with van der Waals surface area (Å²) >= 11 is 1.91. The Labute approximate surface area is 130 Å². The number of hydrogen-bond acceptors (Lipinski definition) is 2. The van der Waals surface area contributed by atoms with Crippen LogP contribution in [0, 0.1) is 6.92 Å². The zero-order chi connectivity index (χ0) is 14.2. The van der Waals surface area contributed by atoms with Crippen molar-refractivity contribution in [2.24, 2.45) is 0 Å². The van der Waals surface area contributed by atoms with Gasteiger partial charge in [-0.05, 0) is 61.7 Å². The van der Waals surface area contributed by atoms with E-state index in [9.17, 15) is 0 Å². The highest BCUT2D eigenvalue weighted by Gasteiger charge is 2.24. The standard InChI is InChI=1S/C19H19NS/c1-13-6-7-18-16(12-13)19(14-8-10-20-11-9-14)15-4-2-3-5-17(15)21-18/h2-7,12,20H,8-11H2,1H3. The Morgan fingerprint density at radius 1 is 0.905 bits per heavy atom. The minimum atomic E-state index is 1.11. The summed E-state index contributed by atoms with van der Waals surface area (Å²) in [5.41, 5.74) is 7.34. The molecule has 2 aromatic rings. The van der Waals surface area contributed by atoms with Crippen LogP contribution in [0.1, 0.15) is 29.5 Å². The zero-order valence-electron chi connectivity index (χ0n) is 12.3. The SMILES string of the molecule is Cc1ccc2c(c1)C(=C1CCNCC1)c1ccccc1S2. The first-order chi connectivity index (χ1) is 10.3. The van der Waals surface area contributed by atoms with Crippen LogP contribution in [0.5, 0.6) is 0 Å². The minimum Gasteiger partial charge on any atom is -0.316 e. The van der Waals surface area contributed by atoms with Crippen molar-refractivity contribution in [2.45, 2.75) is 29.6 Å². The highest BCUT2D eigenvalue weighted by atomic mass is 32.2. The van der Waals surface area contributed by atoms with Crippen molar-refractivity contribution < 1.29 is 0 Å². The summed E-state index contributed by atoms with van der Waals surface area (Å²) in [6.45, 7) is 4.40. The molecule has 1 N–H and O–H groups in total. The van der Waals surface area contributed by atoms with Gasteiger partial charge < -0.3 is 5.32 Å². The first-order valence-corrected chi connectivity index (χ1v) is 8.45. The second-order valence-electron chi connectivity index (χ2n) is 5.83. The third-order valence-electron chi connectivity index (χ3n) is 4.34. The van der Waals surface area contributed by atoms with Crippen molar-refractivity contribution in [2.75, 3.05) is 13.1 Å². The fourth-order valence-corrected chi connectivity index (χ4v) is 4.38. The van der Waals surface area contributed by atoms with Crippen molar-refractivity contribution in [1.82, 2.24) is 5.32 Å². The Morgan fingerprint density at radius 2 is 1.67 bits per heavy atom. The molecule has 4 rings (SSSR count). The van der Waals surface area contributed by atoms with Gasteiger partial charge in [0.05, 0.1) is 0 Å². The van der Waals surface area contributed by atoms with Crippen LogP contribution in [0.3, 0.4) is 0 Å². The summed E-state index contributed by atoms with van der Waals surface area (Å²) in [7, 11) is 0. The molecule has 0 radical (unpaired) electrons. The van der Waals surface area contributed by atoms with Gasteiger partial charge in [0, 0.05) is 9.79 Å². The van der Waals surface area contributed by atoms with Crippen molar-refractivity contribution in [1.29, 1.82) is 0 Å². The smallest absolute Gasteiger partial charge is 0.0201 e. The van der Waals surface area contributed by atoms with E-state index in [2.05, 4.69) is 54.7 Å². The predicted octanol–water partition coefficient (Wildman–Crippen LogP) is 4.64. The molecule has 1 saturated heterocycles. The largest absolute Gasteiger partial charge is 0.316 e. The number of nitrogens with one attached hydrogen (secondary N) is 1. The lowest BCUT2D eigenvalue weighted by Crippen LogP contribution is -2.24. The van der Waals surface area contributed by atoms with Gasteiger partial charge in [0.15, 0.2) is 0 Å². The van der Waals surface area contributed by atoms with E-state index in [1.807, 2.05) is 11.8 Å². The molecular weight excluding hydrogens is 274 g/mol. The van der Waals surface area contributed by atoms with Gasteiger partial charge in [-0.1, -0.05) is 53.2 Å². The molecule has 1 fully saturated rings. The van der Waals surface area contributed by atoms with Crippen LogP contribution >= 0.6 is 11.8 Å². The monoisotopic (exact) mass is 293 g/mol. The topological polar surface area (TPSA) is 12.0 Å². The summed E-state index contributed by atoms with van der Waals surface area (Å²) in [5, 5.41) is 3.47. The molecule has 0 unspecified atom stereocenters. The third kappa shape index (κ3) is 2.33. The average Bonchev–Trinajstić information content (AvgIpc) is 2.53. The normalized spacial score (nSPS) is 17.4. The number of benzene rings is 2. The first-order valence-electron chi connectivity index (χ1n) is 7.64. The molecule has 2 heteroatoms. The highest BCUT2D eigenvalue weighted by Crippen LogP contribution is 2.47. The molecule has 106 valence electrons. The molecule has 0 saturated carbocycles. The molecular formula is C19H19NS. The minimum absolute atomic E-state index is 1.11. The molecule has 2 aliphatic rings. The number of hydrogen-bond donors (Lipinski definition) is 1. The Balaban J connectivity index is 1.98. The van der Waals surface area contributed by atoms with Crippen molar-refractivity contribution in [3.05, 3.63) is 64.7 Å². The van der Waals surface area contributed by atoms with Gasteiger partial charge in [-0.15, -0.1) is 0 Å². The van der Waals surface area contributed by atoms with E-state index in [4.69, 9.17) is 0 Å². The van der Waals surface area contributed by atoms with Crippen LogP contribution in [0.4, 0.5) is 0 Å². The zero-order valence-corrected chi connectivity index (χ0v) is 13.1. The predicted molar refractivity (Wildman–Crippen MR) is 89.9 cm³/mol. The van der Waals surface area contributed by atoms with E-state index in [1.54, 1.807) is 5.57 Å². The van der Waals surface area contributed by atoms with Crippen LogP contribution in [0.25, 0.3) is 5.57 Å². The number of aryl methyl sites for hydroxylation is 1. The van der Waals surface area contributed by atoms with Gasteiger partial charge in [-0.3, -0.25) is 0 Å². The van der Waals surface area contributed by atoms with E-state index in [-0.39, 0.29) is 0 Å². The molecule has 0 spiro atoms. The molecule has 0 bridgehead atoms. The third-order valence-corrected chi connectivity index (χ3v) is 5.49. The molecule has 2 aliphatic heterocycles. The van der Waals surface area contributed by atoms with Crippen molar-refractivity contribution in [3.8, 4) is 0 Å². The van der Waals surface area contributed by atoms with Gasteiger partial charge in [0.25, 0.3) is 0 Å². The lowest BCUT2D eigenvalue weighted by atomic mass is 9.88. The average molecular weight is 293 g/mol. The van der Waals surface area contributed by atoms with Gasteiger partial charge in [-0.25, -0.2) is 0 Å². The molecule has 2 aromatic carbocycles. The molecule has 2 heterocycles. The Kier molecular flexibility index (Phi) is 3.36. The Morgan fingerprint density at radius 3 is 2.52 bits per heavy atom. The maximum atomic E-state index is 3.47. The summed E-state index contributed by atoms with van der Waals surface area (Å²) in [4.78, 5) is 2.80. The van der Waals surface area contributed by atoms with Crippen LogP contribution in [0.2, 0.25) is 0 Å². The fraction of sp³-hybridized carbons (Fsp3) is 0.263. The van der Waals surface area contributed by atoms with E-state index in [0.717, 1.165) is 13.1 Å². The van der Waals surface area contributed by atoms with E-state index in [0.29, 0.717) is 0 Å². The summed E-state index contributed by atoms with van der Waals surface area (Å²) in [6, 6.07) is 15.7. The van der Waals surface area contributed by atoms with Crippen LogP contribution in [-0.2, 0) is 0 Å². The Hall–Kier alpha value is -1.51. The molecule has 21 heavy (non-hydrogen) atoms. The first kappa shape index (κ1) is 13.2. The van der Waals surface area contributed by atoms with E-state index in [1.165, 1.54) is 44.9 Å². The van der Waals surface area contributed by atoms with Crippen molar-refractivity contribution in [3.63, 3.8) is 0 Å². The number of fused-ring (bicyclic) bond motifs is 2. The molecule has 0 aliphatic carbocycles. The van der Waals surface area contributed by atoms with E-state index < -0.39 is 0 Å². The van der Waals surface area contributed by atoms with E-state index >= 15 is 0 Å². The maximum Gasteiger partial charge on any atom is 0.0201 e. The molecule has 0 amide bonds. The summed E-state index contributed by atoms with van der Waals surface area (Å²) in [5.74, 6) is 0. The molecule has 1 nitrogen and oxygen atoms in total. The molecule has 0 atom stereocenters. The van der Waals surface area contributed by atoms with Crippen LogP contribution in [-0.4, -0.2) is 13.1 Å². The number of rotatable bonds is 0. The van der Waals surface area contributed by atoms with Gasteiger partial charge in [0.1, 0.15) is 0 Å². The number of piperidine rings is 1. The van der Waals surface area contributed by atoms with Crippen molar-refractivity contribution >= 4 is 17.3 Å². The fourth-order valence-electron chi connectivity index (χ4n) is 3.31. The lowest BCUT2D eigenvalue weighted by molar-refractivity contribution is 0.611. The Bertz CT molecular complexity index is 722. The maximum absolute atomic E-state index is 3.47. The quantitative estimate of drug-likeness (QED) is 0.648. The second-order valence-corrected chi connectivity index (χ2v) is 6.91. The molecule has 0 aromatic heterocycles. The van der Waals surface area contributed by atoms with Gasteiger partial charge in [0.2, 0.25) is 0 Å². The van der Waals surface area contributed by atoms with Crippen LogP contribution in [0.15, 0.2) is 57.8 Å². The van der Waals surface area contributed by atoms with Gasteiger partial charge in [-0.2, -0.15) is 0 Å².